The van der Waals surface area contributed by atoms with E-state index in [0.717, 1.165) is 22.8 Å². The summed E-state index contributed by atoms with van der Waals surface area (Å²) in [7, 11) is 0. The molecule has 1 unspecified atom stereocenters. The average molecular weight is 261 g/mol. The first kappa shape index (κ1) is 12.2. The van der Waals surface area contributed by atoms with Crippen molar-refractivity contribution in [1.29, 1.82) is 0 Å². The van der Waals surface area contributed by atoms with Gasteiger partial charge in [-0.15, -0.1) is 11.8 Å². The maximum atomic E-state index is 12.5. The predicted molar refractivity (Wildman–Crippen MR) is 75.3 cm³/mol. The fourth-order valence-corrected chi connectivity index (χ4v) is 4.01. The fourth-order valence-electron chi connectivity index (χ4n) is 2.87. The summed E-state index contributed by atoms with van der Waals surface area (Å²) in [6.45, 7) is 3.31. The van der Waals surface area contributed by atoms with Gasteiger partial charge in [0.05, 0.1) is 0 Å². The lowest BCUT2D eigenvalue weighted by atomic mass is 9.97. The number of nitrogens with zero attached hydrogens (tertiary/aromatic N) is 1. The zero-order valence-electron chi connectivity index (χ0n) is 10.6. The van der Waals surface area contributed by atoms with E-state index in [-0.39, 0.29) is 5.92 Å². The molecular formula is C15H19NOS. The van der Waals surface area contributed by atoms with Crippen LogP contribution in [0.15, 0.2) is 29.2 Å². The van der Waals surface area contributed by atoms with Crippen LogP contribution in [-0.4, -0.2) is 36.1 Å². The maximum Gasteiger partial charge on any atom is 0.169 e. The van der Waals surface area contributed by atoms with Crippen molar-refractivity contribution in [2.24, 2.45) is 5.92 Å². The molecule has 0 aromatic heterocycles. The van der Waals surface area contributed by atoms with E-state index in [1.54, 1.807) is 0 Å². The quantitative estimate of drug-likeness (QED) is 0.816. The minimum absolute atomic E-state index is 0.197. The minimum atomic E-state index is 0.197. The Hall–Kier alpha value is -0.800. The van der Waals surface area contributed by atoms with Crippen molar-refractivity contribution < 1.29 is 4.79 Å². The molecule has 0 bridgehead atoms. The second-order valence-electron chi connectivity index (χ2n) is 5.23. The first-order valence-corrected chi connectivity index (χ1v) is 7.81. The van der Waals surface area contributed by atoms with Gasteiger partial charge in [-0.25, -0.2) is 0 Å². The van der Waals surface area contributed by atoms with Gasteiger partial charge in [-0.3, -0.25) is 4.79 Å². The van der Waals surface area contributed by atoms with Gasteiger partial charge in [-0.05, 0) is 32.0 Å². The van der Waals surface area contributed by atoms with Crippen molar-refractivity contribution in [2.45, 2.75) is 24.2 Å². The molecule has 3 heteroatoms. The zero-order chi connectivity index (χ0) is 12.4. The molecule has 1 fully saturated rings. The van der Waals surface area contributed by atoms with E-state index < -0.39 is 0 Å². The smallest absolute Gasteiger partial charge is 0.169 e. The van der Waals surface area contributed by atoms with Gasteiger partial charge in [0.2, 0.25) is 0 Å². The number of piperidine rings is 1. The summed E-state index contributed by atoms with van der Waals surface area (Å²) in [6, 6.07) is 8.03. The Labute approximate surface area is 113 Å². The van der Waals surface area contributed by atoms with E-state index in [0.29, 0.717) is 5.78 Å². The number of carbonyl (C=O) groups excluding carboxylic acids is 1. The van der Waals surface area contributed by atoms with Gasteiger partial charge < -0.3 is 4.90 Å². The van der Waals surface area contributed by atoms with Crippen molar-refractivity contribution in [3.05, 3.63) is 29.8 Å². The number of benzene rings is 1. The van der Waals surface area contributed by atoms with Gasteiger partial charge in [0.25, 0.3) is 0 Å². The second-order valence-corrected chi connectivity index (χ2v) is 6.29. The molecule has 0 aliphatic carbocycles. The molecule has 2 nitrogen and oxygen atoms in total. The second kappa shape index (κ2) is 5.45. The van der Waals surface area contributed by atoms with Crippen LogP contribution in [0.1, 0.15) is 29.6 Å². The van der Waals surface area contributed by atoms with E-state index in [2.05, 4.69) is 11.0 Å². The van der Waals surface area contributed by atoms with Gasteiger partial charge in [0.15, 0.2) is 5.78 Å². The average Bonchev–Trinajstić information content (AvgIpc) is 2.43. The summed E-state index contributed by atoms with van der Waals surface area (Å²) in [5.41, 5.74) is 0.941. The van der Waals surface area contributed by atoms with Gasteiger partial charge in [-0.2, -0.15) is 0 Å². The van der Waals surface area contributed by atoms with Gasteiger partial charge in [0.1, 0.15) is 0 Å². The molecule has 1 saturated heterocycles. The Morgan fingerprint density at radius 2 is 1.94 bits per heavy atom. The van der Waals surface area contributed by atoms with Gasteiger partial charge in [0, 0.05) is 28.7 Å². The highest BCUT2D eigenvalue weighted by Gasteiger charge is 2.29. The van der Waals surface area contributed by atoms with Crippen LogP contribution in [-0.2, 0) is 0 Å². The van der Waals surface area contributed by atoms with Crippen molar-refractivity contribution in [1.82, 2.24) is 4.90 Å². The van der Waals surface area contributed by atoms with Crippen LogP contribution in [0.25, 0.3) is 0 Å². The number of thioether (sulfide) groups is 1. The Morgan fingerprint density at radius 1 is 1.17 bits per heavy atom. The summed E-state index contributed by atoms with van der Waals surface area (Å²) >= 11 is 1.84. The number of ketones is 1. The summed E-state index contributed by atoms with van der Waals surface area (Å²) < 4.78 is 0. The van der Waals surface area contributed by atoms with E-state index in [9.17, 15) is 4.79 Å². The summed E-state index contributed by atoms with van der Waals surface area (Å²) in [5.74, 6) is 1.50. The number of fused-ring (bicyclic) bond motifs is 1. The van der Waals surface area contributed by atoms with E-state index in [4.69, 9.17) is 0 Å². The maximum absolute atomic E-state index is 12.5. The summed E-state index contributed by atoms with van der Waals surface area (Å²) in [4.78, 5) is 16.1. The standard InChI is InChI=1S/C15H19NOS/c17-15-12(10-16-8-4-1-5-9-16)11-18-14-7-3-2-6-13(14)15/h2-3,6-7,12H,1,4-5,8-11H2. The third-order valence-corrected chi connectivity index (χ3v) is 5.13. The predicted octanol–water partition coefficient (Wildman–Crippen LogP) is 3.08. The molecule has 18 heavy (non-hydrogen) atoms. The molecule has 0 spiro atoms. The minimum Gasteiger partial charge on any atom is -0.303 e. The van der Waals surface area contributed by atoms with Crippen molar-refractivity contribution in [3.8, 4) is 0 Å². The van der Waals surface area contributed by atoms with Gasteiger partial charge >= 0.3 is 0 Å². The lowest BCUT2D eigenvalue weighted by molar-refractivity contribution is 0.0881. The molecule has 1 aromatic rings. The van der Waals surface area contributed by atoms with Crippen LogP contribution in [0.5, 0.6) is 0 Å². The number of rotatable bonds is 2. The molecular weight excluding hydrogens is 242 g/mol. The van der Waals surface area contributed by atoms with Crippen LogP contribution in [0, 0.1) is 5.92 Å². The van der Waals surface area contributed by atoms with Crippen LogP contribution < -0.4 is 0 Å². The first-order valence-electron chi connectivity index (χ1n) is 6.83. The first-order chi connectivity index (χ1) is 8.84. The monoisotopic (exact) mass is 261 g/mol. The summed E-state index contributed by atoms with van der Waals surface area (Å²) in [5, 5.41) is 0. The van der Waals surface area contributed by atoms with Crippen molar-refractivity contribution in [3.63, 3.8) is 0 Å². The summed E-state index contributed by atoms with van der Waals surface area (Å²) in [6.07, 6.45) is 3.95. The molecule has 0 amide bonds. The highest BCUT2D eigenvalue weighted by molar-refractivity contribution is 7.99. The lowest BCUT2D eigenvalue weighted by Crippen LogP contribution is -2.38. The van der Waals surface area contributed by atoms with Crippen molar-refractivity contribution >= 4 is 17.5 Å². The molecule has 96 valence electrons. The molecule has 0 saturated carbocycles. The van der Waals surface area contributed by atoms with Crippen molar-refractivity contribution in [2.75, 3.05) is 25.4 Å². The number of Topliss-reactive ketones (excluding diaryl/α,β-unsaturated/α-hetero) is 1. The fraction of sp³-hybridized carbons (Fsp3) is 0.533. The molecule has 0 radical (unpaired) electrons. The molecule has 1 atom stereocenters. The molecule has 0 N–H and O–H groups in total. The third-order valence-electron chi connectivity index (χ3n) is 3.89. The Morgan fingerprint density at radius 3 is 2.78 bits per heavy atom. The Kier molecular flexibility index (Phi) is 3.71. The van der Waals surface area contributed by atoms with Gasteiger partial charge in [-0.1, -0.05) is 24.6 Å². The third kappa shape index (κ3) is 2.47. The molecule has 2 aliphatic heterocycles. The molecule has 2 aliphatic rings. The topological polar surface area (TPSA) is 20.3 Å². The number of hydrogen-bond acceptors (Lipinski definition) is 3. The normalized spacial score (nSPS) is 24.9. The van der Waals surface area contributed by atoms with E-state index in [1.165, 1.54) is 32.4 Å². The Balaban J connectivity index is 1.70. The molecule has 2 heterocycles. The number of hydrogen-bond donors (Lipinski definition) is 0. The highest BCUT2D eigenvalue weighted by atomic mass is 32.2. The van der Waals surface area contributed by atoms with Crippen LogP contribution in [0.4, 0.5) is 0 Å². The van der Waals surface area contributed by atoms with E-state index in [1.807, 2.05) is 30.0 Å². The highest BCUT2D eigenvalue weighted by Crippen LogP contribution is 2.33. The van der Waals surface area contributed by atoms with Crippen LogP contribution in [0.2, 0.25) is 0 Å². The number of carbonyl (C=O) groups is 1. The van der Waals surface area contributed by atoms with E-state index >= 15 is 0 Å². The lowest BCUT2D eigenvalue weighted by Gasteiger charge is -2.31. The zero-order valence-corrected chi connectivity index (χ0v) is 11.4. The molecule has 1 aromatic carbocycles. The Bertz CT molecular complexity index is 440. The van der Waals surface area contributed by atoms with Crippen LogP contribution >= 0.6 is 11.8 Å². The number of likely N-dealkylation sites (tertiary alicyclic amines) is 1. The largest absolute Gasteiger partial charge is 0.303 e. The SMILES string of the molecule is O=C1c2ccccc2SCC1CN1CCCCC1. The molecule has 3 rings (SSSR count). The van der Waals surface area contributed by atoms with Crippen LogP contribution in [0.3, 0.4) is 0 Å².